The van der Waals surface area contributed by atoms with E-state index in [2.05, 4.69) is 25.2 Å². The average molecular weight is 410 g/mol. The summed E-state index contributed by atoms with van der Waals surface area (Å²) in [5, 5.41) is 3.15. The summed E-state index contributed by atoms with van der Waals surface area (Å²) >= 11 is 0. The third-order valence-corrected chi connectivity index (χ3v) is 5.12. The Morgan fingerprint density at radius 2 is 1.80 bits per heavy atom. The molecular weight excluding hydrogens is 385 g/mol. The molecule has 4 rings (SSSR count). The van der Waals surface area contributed by atoms with Crippen LogP contribution in [0, 0.1) is 5.82 Å². The third-order valence-electron chi connectivity index (χ3n) is 5.12. The van der Waals surface area contributed by atoms with Crippen molar-refractivity contribution >= 4 is 23.3 Å². The Kier molecular flexibility index (Phi) is 5.89. The molecule has 1 aliphatic rings. The number of quaternary nitrogens is 1. The van der Waals surface area contributed by atoms with Crippen molar-refractivity contribution in [2.75, 3.05) is 49.2 Å². The Hall–Kier alpha value is -3.46. The third kappa shape index (κ3) is 4.74. The summed E-state index contributed by atoms with van der Waals surface area (Å²) in [4.78, 5) is 16.4. The van der Waals surface area contributed by atoms with E-state index in [1.165, 1.54) is 11.0 Å². The van der Waals surface area contributed by atoms with E-state index in [4.69, 9.17) is 10.5 Å². The van der Waals surface area contributed by atoms with Crippen molar-refractivity contribution in [2.45, 2.75) is 6.54 Å². The quantitative estimate of drug-likeness (QED) is 0.563. The predicted octanol–water partition coefficient (Wildman–Crippen LogP) is 1.25. The zero-order valence-corrected chi connectivity index (χ0v) is 16.8. The number of nitrogens with two attached hydrogens (primary N) is 1. The number of piperazine rings is 1. The molecule has 1 aliphatic heterocycles. The summed E-state index contributed by atoms with van der Waals surface area (Å²) in [6.07, 6.45) is 0. The van der Waals surface area contributed by atoms with Gasteiger partial charge in [0.1, 0.15) is 18.1 Å². The minimum atomic E-state index is -0.180. The van der Waals surface area contributed by atoms with Crippen molar-refractivity contribution < 1.29 is 14.0 Å². The number of benzene rings is 2. The highest BCUT2D eigenvalue weighted by atomic mass is 19.1. The van der Waals surface area contributed by atoms with Crippen molar-refractivity contribution in [3.05, 3.63) is 60.2 Å². The minimum Gasteiger partial charge on any atom is -0.497 e. The number of hydrogen-bond acceptors (Lipinski definition) is 7. The lowest BCUT2D eigenvalue weighted by molar-refractivity contribution is -0.915. The molecule has 0 atom stereocenters. The monoisotopic (exact) mass is 410 g/mol. The molecule has 30 heavy (non-hydrogen) atoms. The second-order valence-electron chi connectivity index (χ2n) is 7.15. The van der Waals surface area contributed by atoms with Gasteiger partial charge in [-0.3, -0.25) is 0 Å². The lowest BCUT2D eigenvalue weighted by Gasteiger charge is -2.33. The Bertz CT molecular complexity index is 991. The Morgan fingerprint density at radius 3 is 2.50 bits per heavy atom. The van der Waals surface area contributed by atoms with Gasteiger partial charge in [-0.15, -0.1) is 0 Å². The van der Waals surface area contributed by atoms with E-state index in [0.717, 1.165) is 37.6 Å². The van der Waals surface area contributed by atoms with Crippen LogP contribution in [0.15, 0.2) is 48.5 Å². The molecule has 2 heterocycles. The fourth-order valence-electron chi connectivity index (χ4n) is 3.55. The predicted molar refractivity (Wildman–Crippen MR) is 114 cm³/mol. The zero-order chi connectivity index (χ0) is 20.9. The Balaban J connectivity index is 1.38. The number of nitrogen functional groups attached to an aromatic ring is 1. The van der Waals surface area contributed by atoms with Crippen molar-refractivity contribution in [3.63, 3.8) is 0 Å². The second-order valence-corrected chi connectivity index (χ2v) is 7.15. The molecule has 0 bridgehead atoms. The van der Waals surface area contributed by atoms with Gasteiger partial charge in [0.25, 0.3) is 0 Å². The van der Waals surface area contributed by atoms with E-state index in [9.17, 15) is 4.39 Å². The van der Waals surface area contributed by atoms with Crippen LogP contribution in [-0.4, -0.2) is 48.2 Å². The summed E-state index contributed by atoms with van der Waals surface area (Å²) < 4.78 is 19.2. The molecule has 3 aromatic rings. The van der Waals surface area contributed by atoms with E-state index < -0.39 is 0 Å². The molecule has 9 heteroatoms. The Morgan fingerprint density at radius 1 is 1.07 bits per heavy atom. The molecule has 8 nitrogen and oxygen atoms in total. The standard InChI is InChI=1S/C21H24FN7O/c1-30-16-8-6-15(7-9-16)24-21-26-19(25-20(23)27-21)14-28-10-12-29(13-11-28)18-5-3-2-4-17(18)22/h2-9H,10-14H2,1H3,(H3,23,24,25,26,27)/p+1. The first-order valence-electron chi connectivity index (χ1n) is 9.85. The van der Waals surface area contributed by atoms with Crippen molar-refractivity contribution in [2.24, 2.45) is 0 Å². The molecular formula is C21H25FN7O+. The number of aromatic nitrogens is 3. The molecule has 0 spiro atoms. The fourth-order valence-corrected chi connectivity index (χ4v) is 3.55. The molecule has 1 aromatic heterocycles. The van der Waals surface area contributed by atoms with Gasteiger partial charge in [0.05, 0.1) is 39.0 Å². The number of para-hydroxylation sites is 1. The van der Waals surface area contributed by atoms with Crippen LogP contribution in [0.25, 0.3) is 0 Å². The topological polar surface area (TPSA) is 93.6 Å². The van der Waals surface area contributed by atoms with Gasteiger partial charge in [-0.1, -0.05) is 12.1 Å². The molecule has 0 radical (unpaired) electrons. The van der Waals surface area contributed by atoms with E-state index >= 15 is 0 Å². The van der Waals surface area contributed by atoms with Crippen molar-refractivity contribution in [1.82, 2.24) is 15.0 Å². The smallest absolute Gasteiger partial charge is 0.232 e. The number of nitrogens with zero attached hydrogens (tertiary/aromatic N) is 4. The van der Waals surface area contributed by atoms with Crippen LogP contribution >= 0.6 is 0 Å². The van der Waals surface area contributed by atoms with E-state index in [1.54, 1.807) is 13.2 Å². The molecule has 2 aromatic carbocycles. The second kappa shape index (κ2) is 8.91. The first-order valence-corrected chi connectivity index (χ1v) is 9.85. The fraction of sp³-hybridized carbons (Fsp3) is 0.286. The lowest BCUT2D eigenvalue weighted by atomic mass is 10.2. The summed E-state index contributed by atoms with van der Waals surface area (Å²) in [7, 11) is 1.62. The number of nitrogens with one attached hydrogen (secondary N) is 2. The first-order chi connectivity index (χ1) is 14.6. The molecule has 1 saturated heterocycles. The summed E-state index contributed by atoms with van der Waals surface area (Å²) in [5.41, 5.74) is 7.39. The number of rotatable bonds is 6. The van der Waals surface area contributed by atoms with Gasteiger partial charge >= 0.3 is 0 Å². The molecule has 4 N–H and O–H groups in total. The van der Waals surface area contributed by atoms with Crippen LogP contribution in [0.5, 0.6) is 5.75 Å². The highest BCUT2D eigenvalue weighted by molar-refractivity contribution is 5.55. The summed E-state index contributed by atoms with van der Waals surface area (Å²) in [5.74, 6) is 1.82. The van der Waals surface area contributed by atoms with Gasteiger partial charge in [0.15, 0.2) is 5.82 Å². The van der Waals surface area contributed by atoms with Crippen LogP contribution in [0.3, 0.4) is 0 Å². The summed E-state index contributed by atoms with van der Waals surface area (Å²) in [6, 6.07) is 14.4. The van der Waals surface area contributed by atoms with E-state index in [-0.39, 0.29) is 11.8 Å². The maximum atomic E-state index is 14.0. The van der Waals surface area contributed by atoms with Crippen LogP contribution in [0.2, 0.25) is 0 Å². The lowest BCUT2D eigenvalue weighted by Crippen LogP contribution is -3.13. The SMILES string of the molecule is COc1ccc(Nc2nc(N)nc(C[NH+]3CCN(c4ccccc4F)CC3)n2)cc1. The van der Waals surface area contributed by atoms with Crippen molar-refractivity contribution in [3.8, 4) is 5.75 Å². The maximum Gasteiger partial charge on any atom is 0.232 e. The highest BCUT2D eigenvalue weighted by Crippen LogP contribution is 2.19. The number of anilines is 4. The number of ether oxygens (including phenoxy) is 1. The van der Waals surface area contributed by atoms with Gasteiger partial charge in [-0.25, -0.2) is 4.39 Å². The molecule has 0 unspecified atom stereocenters. The minimum absolute atomic E-state index is 0.180. The molecule has 1 fully saturated rings. The van der Waals surface area contributed by atoms with E-state index in [1.807, 2.05) is 36.4 Å². The van der Waals surface area contributed by atoms with Crippen molar-refractivity contribution in [1.29, 1.82) is 0 Å². The highest BCUT2D eigenvalue weighted by Gasteiger charge is 2.23. The number of methoxy groups -OCH3 is 1. The van der Waals surface area contributed by atoms with Crippen LogP contribution in [-0.2, 0) is 6.54 Å². The van der Waals surface area contributed by atoms with Crippen LogP contribution < -0.4 is 25.6 Å². The normalized spacial score (nSPS) is 14.5. The van der Waals surface area contributed by atoms with Gasteiger partial charge < -0.3 is 25.6 Å². The molecule has 156 valence electrons. The molecule has 0 saturated carbocycles. The number of halogens is 1. The van der Waals surface area contributed by atoms with E-state index in [0.29, 0.717) is 24.0 Å². The van der Waals surface area contributed by atoms with Gasteiger partial charge in [0.2, 0.25) is 11.9 Å². The maximum absolute atomic E-state index is 14.0. The first kappa shape index (κ1) is 19.8. The largest absolute Gasteiger partial charge is 0.497 e. The van der Waals surface area contributed by atoms with Crippen LogP contribution in [0.4, 0.5) is 27.7 Å². The van der Waals surface area contributed by atoms with Gasteiger partial charge in [-0.05, 0) is 36.4 Å². The summed E-state index contributed by atoms with van der Waals surface area (Å²) in [6.45, 7) is 3.90. The van der Waals surface area contributed by atoms with Gasteiger partial charge in [0, 0.05) is 5.69 Å². The molecule has 0 amide bonds. The van der Waals surface area contributed by atoms with Crippen LogP contribution in [0.1, 0.15) is 5.82 Å². The average Bonchev–Trinajstić information content (AvgIpc) is 2.75. The zero-order valence-electron chi connectivity index (χ0n) is 16.8. The van der Waals surface area contributed by atoms with Gasteiger partial charge in [-0.2, -0.15) is 15.0 Å². The Labute approximate surface area is 174 Å². The molecule has 0 aliphatic carbocycles. The number of hydrogen-bond donors (Lipinski definition) is 3.